The Morgan fingerprint density at radius 1 is 1.71 bits per heavy atom. The zero-order valence-electron chi connectivity index (χ0n) is 9.97. The van der Waals surface area contributed by atoms with Crippen LogP contribution in [-0.2, 0) is 17.1 Å². The molecule has 8 heteroatoms. The molecule has 0 fully saturated rings. The highest BCUT2D eigenvalue weighted by Crippen LogP contribution is 2.09. The van der Waals surface area contributed by atoms with E-state index in [0.29, 0.717) is 12.2 Å². The molecule has 1 unspecified atom stereocenters. The second-order valence-electron chi connectivity index (χ2n) is 3.72. The first kappa shape index (κ1) is 14.1. The second-order valence-corrected chi connectivity index (χ2v) is 5.85. The molecule has 0 aliphatic carbocycles. The summed E-state index contributed by atoms with van der Waals surface area (Å²) < 4.78 is 28.0. The number of rotatable bonds is 5. The van der Waals surface area contributed by atoms with E-state index in [-0.39, 0.29) is 10.0 Å². The summed E-state index contributed by atoms with van der Waals surface area (Å²) in [6.07, 6.45) is 1.95. The monoisotopic (exact) mass is 276 g/mol. The number of hydrogen-bond donors (Lipinski definition) is 2. The van der Waals surface area contributed by atoms with Crippen molar-refractivity contribution in [3.05, 3.63) is 12.0 Å². The van der Waals surface area contributed by atoms with Crippen molar-refractivity contribution in [2.45, 2.75) is 31.3 Å². The molecule has 0 saturated carbocycles. The molecule has 1 atom stereocenters. The molecule has 1 heterocycles. The Balaban J connectivity index is 3.00. The molecule has 0 aliphatic rings. The highest BCUT2D eigenvalue weighted by molar-refractivity contribution is 7.89. The largest absolute Gasteiger partial charge is 0.392 e. The van der Waals surface area contributed by atoms with Crippen molar-refractivity contribution in [3.8, 4) is 0 Å². The van der Waals surface area contributed by atoms with E-state index in [1.165, 1.54) is 6.20 Å². The van der Waals surface area contributed by atoms with Crippen molar-refractivity contribution in [1.29, 1.82) is 0 Å². The maximum Gasteiger partial charge on any atom is 0.260 e. The van der Waals surface area contributed by atoms with E-state index in [1.54, 1.807) is 25.5 Å². The summed E-state index contributed by atoms with van der Waals surface area (Å²) in [5.41, 5.74) is 5.45. The minimum absolute atomic E-state index is 0.0211. The predicted octanol–water partition coefficient (Wildman–Crippen LogP) is 0.0715. The van der Waals surface area contributed by atoms with E-state index in [2.05, 4.69) is 9.71 Å². The Hall–Kier alpha value is -0.990. The number of aromatic nitrogens is 2. The summed E-state index contributed by atoms with van der Waals surface area (Å²) in [7, 11) is -1.94. The fourth-order valence-electron chi connectivity index (χ4n) is 1.25. The van der Waals surface area contributed by atoms with Crippen LogP contribution in [0.25, 0.3) is 0 Å². The molecule has 0 aromatic carbocycles. The normalized spacial score (nSPS) is 13.6. The SMILES string of the molecule is CCC(NS(=O)(=O)c1cn(C)c(C)n1)C(N)=S. The number of nitrogens with zero attached hydrogens (tertiary/aromatic N) is 2. The molecule has 17 heavy (non-hydrogen) atoms. The molecule has 1 aromatic heterocycles. The van der Waals surface area contributed by atoms with Crippen LogP contribution in [0.2, 0.25) is 0 Å². The third-order valence-electron chi connectivity index (χ3n) is 2.41. The molecule has 0 amide bonds. The van der Waals surface area contributed by atoms with Crippen LogP contribution in [0.1, 0.15) is 19.2 Å². The Labute approximate surface area is 106 Å². The van der Waals surface area contributed by atoms with Gasteiger partial charge in [0.05, 0.1) is 11.0 Å². The van der Waals surface area contributed by atoms with Gasteiger partial charge in [0.15, 0.2) is 5.03 Å². The van der Waals surface area contributed by atoms with Crippen LogP contribution in [-0.4, -0.2) is 29.0 Å². The van der Waals surface area contributed by atoms with Gasteiger partial charge >= 0.3 is 0 Å². The van der Waals surface area contributed by atoms with E-state index in [0.717, 1.165) is 0 Å². The molecule has 0 radical (unpaired) electrons. The quantitative estimate of drug-likeness (QED) is 0.743. The van der Waals surface area contributed by atoms with Crippen molar-refractivity contribution >= 4 is 27.2 Å². The summed E-state index contributed by atoms with van der Waals surface area (Å²) >= 11 is 4.79. The van der Waals surface area contributed by atoms with Gasteiger partial charge in [-0.25, -0.2) is 13.4 Å². The first-order valence-electron chi connectivity index (χ1n) is 5.09. The molecule has 0 bridgehead atoms. The lowest BCUT2D eigenvalue weighted by Crippen LogP contribution is -2.43. The summed E-state index contributed by atoms with van der Waals surface area (Å²) in [6.45, 7) is 3.53. The zero-order valence-corrected chi connectivity index (χ0v) is 11.6. The van der Waals surface area contributed by atoms with Crippen LogP contribution in [0.4, 0.5) is 0 Å². The second kappa shape index (κ2) is 5.11. The number of nitrogens with one attached hydrogen (secondary N) is 1. The Bertz CT molecular complexity index is 502. The van der Waals surface area contributed by atoms with Crippen molar-refractivity contribution in [2.75, 3.05) is 0 Å². The molecule has 6 nitrogen and oxygen atoms in total. The lowest BCUT2D eigenvalue weighted by Gasteiger charge is -2.14. The number of sulfonamides is 1. The van der Waals surface area contributed by atoms with Crippen molar-refractivity contribution < 1.29 is 8.42 Å². The zero-order chi connectivity index (χ0) is 13.2. The van der Waals surface area contributed by atoms with Gasteiger partial charge in [0.2, 0.25) is 0 Å². The number of imidazole rings is 1. The molecular formula is C9H16N4O2S2. The first-order chi connectivity index (χ1) is 7.77. The molecule has 0 saturated heterocycles. The molecule has 96 valence electrons. The number of hydrogen-bond acceptors (Lipinski definition) is 4. The van der Waals surface area contributed by atoms with Gasteiger partial charge in [-0.2, -0.15) is 4.72 Å². The van der Waals surface area contributed by atoms with Crippen molar-refractivity contribution in [1.82, 2.24) is 14.3 Å². The number of thiocarbonyl (C=S) groups is 1. The third-order valence-corrected chi connectivity index (χ3v) is 4.04. The minimum atomic E-state index is -3.67. The maximum atomic E-state index is 12.0. The van der Waals surface area contributed by atoms with E-state index in [1.807, 2.05) is 0 Å². The number of nitrogens with two attached hydrogens (primary N) is 1. The smallest absolute Gasteiger partial charge is 0.260 e. The number of aryl methyl sites for hydroxylation is 2. The molecule has 1 rings (SSSR count). The summed E-state index contributed by atoms with van der Waals surface area (Å²) in [4.78, 5) is 4.09. The Morgan fingerprint density at radius 3 is 2.65 bits per heavy atom. The van der Waals surface area contributed by atoms with Crippen LogP contribution < -0.4 is 10.5 Å². The summed E-state index contributed by atoms with van der Waals surface area (Å²) in [6, 6.07) is -0.544. The van der Waals surface area contributed by atoms with E-state index < -0.39 is 16.1 Å². The van der Waals surface area contributed by atoms with Crippen LogP contribution in [0.3, 0.4) is 0 Å². The van der Waals surface area contributed by atoms with Gasteiger partial charge in [0.1, 0.15) is 5.82 Å². The van der Waals surface area contributed by atoms with Crippen molar-refractivity contribution in [2.24, 2.45) is 12.8 Å². The van der Waals surface area contributed by atoms with E-state index >= 15 is 0 Å². The first-order valence-corrected chi connectivity index (χ1v) is 6.98. The molecular weight excluding hydrogens is 260 g/mol. The van der Waals surface area contributed by atoms with E-state index in [4.69, 9.17) is 18.0 Å². The average molecular weight is 276 g/mol. The third kappa shape index (κ3) is 3.24. The Morgan fingerprint density at radius 2 is 2.29 bits per heavy atom. The molecule has 0 spiro atoms. The lowest BCUT2D eigenvalue weighted by atomic mass is 10.2. The lowest BCUT2D eigenvalue weighted by molar-refractivity contribution is 0.569. The Kier molecular flexibility index (Phi) is 4.23. The van der Waals surface area contributed by atoms with Gasteiger partial charge in [-0.05, 0) is 13.3 Å². The van der Waals surface area contributed by atoms with Crippen LogP contribution in [0.15, 0.2) is 11.2 Å². The van der Waals surface area contributed by atoms with Gasteiger partial charge < -0.3 is 10.3 Å². The maximum absolute atomic E-state index is 12.0. The highest BCUT2D eigenvalue weighted by Gasteiger charge is 2.23. The van der Waals surface area contributed by atoms with Crippen LogP contribution in [0, 0.1) is 6.92 Å². The van der Waals surface area contributed by atoms with Gasteiger partial charge in [-0.3, -0.25) is 0 Å². The van der Waals surface area contributed by atoms with Gasteiger partial charge in [-0.1, -0.05) is 19.1 Å². The fourth-order valence-corrected chi connectivity index (χ4v) is 2.88. The predicted molar refractivity (Wildman–Crippen MR) is 69.1 cm³/mol. The van der Waals surface area contributed by atoms with E-state index in [9.17, 15) is 8.42 Å². The summed E-state index contributed by atoms with van der Waals surface area (Å²) in [5.74, 6) is 0.619. The fraction of sp³-hybridized carbons (Fsp3) is 0.556. The van der Waals surface area contributed by atoms with Gasteiger partial charge in [0.25, 0.3) is 10.0 Å². The van der Waals surface area contributed by atoms with Crippen LogP contribution in [0.5, 0.6) is 0 Å². The van der Waals surface area contributed by atoms with Gasteiger partial charge in [0, 0.05) is 13.2 Å². The average Bonchev–Trinajstić information content (AvgIpc) is 2.56. The van der Waals surface area contributed by atoms with Crippen molar-refractivity contribution in [3.63, 3.8) is 0 Å². The van der Waals surface area contributed by atoms with Crippen LogP contribution >= 0.6 is 12.2 Å². The molecule has 1 aromatic rings. The topological polar surface area (TPSA) is 90.0 Å². The standard InChI is InChI=1S/C9H16N4O2S2/c1-4-7(9(10)16)12-17(14,15)8-5-13(3)6(2)11-8/h5,7,12H,4H2,1-3H3,(H2,10,16). The summed E-state index contributed by atoms with van der Waals surface area (Å²) in [5, 5.41) is -0.0211. The molecule has 3 N–H and O–H groups in total. The highest BCUT2D eigenvalue weighted by atomic mass is 32.2. The molecule has 0 aliphatic heterocycles. The minimum Gasteiger partial charge on any atom is -0.392 e. The van der Waals surface area contributed by atoms with Gasteiger partial charge in [-0.15, -0.1) is 0 Å².